The molecule has 0 unspecified atom stereocenters. The quantitative estimate of drug-likeness (QED) is 0.481. The summed E-state index contributed by atoms with van der Waals surface area (Å²) in [6.45, 7) is 5.60. The molecule has 2 aliphatic rings. The van der Waals surface area contributed by atoms with E-state index in [1.54, 1.807) is 11.3 Å². The lowest BCUT2D eigenvalue weighted by molar-refractivity contribution is 0.00843. The number of anilines is 1. The second-order valence-corrected chi connectivity index (χ2v) is 10.3. The molecule has 3 aromatic rings. The van der Waals surface area contributed by atoms with Crippen molar-refractivity contribution in [1.29, 1.82) is 5.41 Å². The van der Waals surface area contributed by atoms with E-state index in [-0.39, 0.29) is 0 Å². The van der Waals surface area contributed by atoms with Crippen molar-refractivity contribution in [3.05, 3.63) is 48.2 Å². The number of thioether (sulfide) groups is 1. The Kier molecular flexibility index (Phi) is 4.94. The predicted molar refractivity (Wildman–Crippen MR) is 124 cm³/mol. The molecule has 1 aliphatic heterocycles. The first-order valence-electron chi connectivity index (χ1n) is 9.91. The molecule has 0 radical (unpaired) electrons. The highest BCUT2D eigenvalue weighted by Gasteiger charge is 2.24. The van der Waals surface area contributed by atoms with Crippen LogP contribution in [0.1, 0.15) is 36.4 Å². The standard InChI is InChI=1S/C23H23N3OS2/c1-13(10-24)19-9-18(15-7-5-14(6-8-15)16-11-27-12-16)20-21(25)23(29-22(20)26-19)28-17-3-2-4-17/h5-10,16-17,24H,1-4,11-12,25H2. The summed E-state index contributed by atoms with van der Waals surface area (Å²) in [6.07, 6.45) is 5.11. The Morgan fingerprint density at radius 3 is 2.62 bits per heavy atom. The maximum atomic E-state index is 7.60. The van der Waals surface area contributed by atoms with Crippen LogP contribution in [-0.2, 0) is 4.74 Å². The Balaban J connectivity index is 1.62. The molecule has 3 N–H and O–H groups in total. The van der Waals surface area contributed by atoms with Crippen molar-refractivity contribution in [2.45, 2.75) is 34.6 Å². The van der Waals surface area contributed by atoms with Crippen LogP contribution >= 0.6 is 23.1 Å². The number of ether oxygens (including phenoxy) is 1. The SMILES string of the molecule is C=C(C=N)c1cc(-c2ccc(C3COC3)cc2)c2c(N)c(SC3CCC3)sc2n1. The molecule has 1 aliphatic carbocycles. The van der Waals surface area contributed by atoms with Crippen LogP contribution in [0.25, 0.3) is 26.9 Å². The van der Waals surface area contributed by atoms with Crippen molar-refractivity contribution in [1.82, 2.24) is 4.98 Å². The summed E-state index contributed by atoms with van der Waals surface area (Å²) in [5, 5.41) is 9.30. The largest absolute Gasteiger partial charge is 0.397 e. The zero-order valence-corrected chi connectivity index (χ0v) is 17.7. The normalized spacial score (nSPS) is 17.1. The van der Waals surface area contributed by atoms with Crippen molar-refractivity contribution in [3.63, 3.8) is 0 Å². The van der Waals surface area contributed by atoms with Crippen molar-refractivity contribution in [2.24, 2.45) is 0 Å². The molecule has 148 valence electrons. The van der Waals surface area contributed by atoms with Crippen molar-refractivity contribution in [2.75, 3.05) is 18.9 Å². The minimum atomic E-state index is 0.506. The number of rotatable bonds is 6. The first kappa shape index (κ1) is 18.9. The lowest BCUT2D eigenvalue weighted by Gasteiger charge is -2.26. The third-order valence-corrected chi connectivity index (χ3v) is 8.50. The molecule has 2 fully saturated rings. The van der Waals surface area contributed by atoms with Crippen molar-refractivity contribution < 1.29 is 4.74 Å². The third-order valence-electron chi connectivity index (χ3n) is 5.83. The van der Waals surface area contributed by atoms with E-state index < -0.39 is 0 Å². The number of thiophene rings is 1. The van der Waals surface area contributed by atoms with E-state index in [2.05, 4.69) is 30.8 Å². The second-order valence-electron chi connectivity index (χ2n) is 7.74. The second kappa shape index (κ2) is 7.59. The number of hydrogen-bond acceptors (Lipinski definition) is 6. The average molecular weight is 422 g/mol. The predicted octanol–water partition coefficient (Wildman–Crippen LogP) is 5.97. The van der Waals surface area contributed by atoms with E-state index in [1.807, 2.05) is 17.8 Å². The highest BCUT2D eigenvalue weighted by molar-refractivity contribution is 8.02. The first-order valence-corrected chi connectivity index (χ1v) is 11.6. The molecule has 0 amide bonds. The summed E-state index contributed by atoms with van der Waals surface area (Å²) >= 11 is 3.56. The molecule has 1 aromatic carbocycles. The maximum Gasteiger partial charge on any atom is 0.127 e. The lowest BCUT2D eigenvalue weighted by atomic mass is 9.94. The van der Waals surface area contributed by atoms with Gasteiger partial charge in [-0.05, 0) is 35.6 Å². The van der Waals surface area contributed by atoms with Crippen LogP contribution in [0.15, 0.2) is 41.1 Å². The molecule has 29 heavy (non-hydrogen) atoms. The highest BCUT2D eigenvalue weighted by atomic mass is 32.2. The van der Waals surface area contributed by atoms with Gasteiger partial charge in [-0.3, -0.25) is 0 Å². The van der Waals surface area contributed by atoms with Gasteiger partial charge in [0, 0.05) is 28.3 Å². The monoisotopic (exact) mass is 421 g/mol. The van der Waals surface area contributed by atoms with Crippen LogP contribution in [0.4, 0.5) is 5.69 Å². The van der Waals surface area contributed by atoms with Crippen LogP contribution in [0.5, 0.6) is 0 Å². The van der Waals surface area contributed by atoms with E-state index in [9.17, 15) is 0 Å². The molecular weight excluding hydrogens is 398 g/mol. The minimum Gasteiger partial charge on any atom is -0.397 e. The van der Waals surface area contributed by atoms with Crippen LogP contribution in [0.3, 0.4) is 0 Å². The van der Waals surface area contributed by atoms with Crippen LogP contribution in [0, 0.1) is 5.41 Å². The molecule has 5 rings (SSSR count). The van der Waals surface area contributed by atoms with Crippen LogP contribution in [0.2, 0.25) is 0 Å². The molecule has 4 nitrogen and oxygen atoms in total. The van der Waals surface area contributed by atoms with Gasteiger partial charge in [0.25, 0.3) is 0 Å². The number of fused-ring (bicyclic) bond motifs is 1. The Labute approximate surface area is 178 Å². The Morgan fingerprint density at radius 2 is 2.03 bits per heavy atom. The zero-order valence-electron chi connectivity index (χ0n) is 16.1. The summed E-state index contributed by atoms with van der Waals surface area (Å²) in [5.41, 5.74) is 12.3. The fourth-order valence-corrected chi connectivity index (χ4v) is 6.45. The number of nitrogens with one attached hydrogen (secondary N) is 1. The van der Waals surface area contributed by atoms with Gasteiger partial charge >= 0.3 is 0 Å². The summed E-state index contributed by atoms with van der Waals surface area (Å²) < 4.78 is 6.49. The lowest BCUT2D eigenvalue weighted by Crippen LogP contribution is -2.24. The van der Waals surface area contributed by atoms with Gasteiger partial charge in [-0.25, -0.2) is 4.98 Å². The van der Waals surface area contributed by atoms with Gasteiger partial charge in [0.05, 0.1) is 28.8 Å². The molecule has 2 aromatic heterocycles. The molecule has 0 atom stereocenters. The van der Waals surface area contributed by atoms with Crippen molar-refractivity contribution in [3.8, 4) is 11.1 Å². The number of pyridine rings is 1. The smallest absolute Gasteiger partial charge is 0.127 e. The van der Waals surface area contributed by atoms with Gasteiger partial charge in [-0.1, -0.05) is 37.3 Å². The minimum absolute atomic E-state index is 0.506. The summed E-state index contributed by atoms with van der Waals surface area (Å²) in [5.74, 6) is 0.506. The summed E-state index contributed by atoms with van der Waals surface area (Å²) in [7, 11) is 0. The Hall–Kier alpha value is -2.15. The van der Waals surface area contributed by atoms with E-state index in [4.69, 9.17) is 20.9 Å². The highest BCUT2D eigenvalue weighted by Crippen LogP contribution is 2.48. The molecule has 3 heterocycles. The summed E-state index contributed by atoms with van der Waals surface area (Å²) in [4.78, 5) is 5.72. The van der Waals surface area contributed by atoms with Gasteiger partial charge in [-0.2, -0.15) is 0 Å². The maximum absolute atomic E-state index is 7.60. The van der Waals surface area contributed by atoms with Gasteiger partial charge in [0.15, 0.2) is 0 Å². The number of nitrogens with two attached hydrogens (primary N) is 1. The van der Waals surface area contributed by atoms with Crippen molar-refractivity contribution >= 4 is 50.8 Å². The molecule has 1 saturated heterocycles. The number of nitrogens with zero attached hydrogens (tertiary/aromatic N) is 1. The molecule has 0 bridgehead atoms. The van der Waals surface area contributed by atoms with E-state index >= 15 is 0 Å². The topological polar surface area (TPSA) is 72.0 Å². The Morgan fingerprint density at radius 1 is 1.28 bits per heavy atom. The number of nitrogen functional groups attached to an aromatic ring is 1. The van der Waals surface area contributed by atoms with Gasteiger partial charge in [0.2, 0.25) is 0 Å². The number of hydrogen-bond donors (Lipinski definition) is 2. The van der Waals surface area contributed by atoms with Crippen LogP contribution < -0.4 is 5.73 Å². The number of allylic oxidation sites excluding steroid dienone is 1. The molecular formula is C23H23N3OS2. The van der Waals surface area contributed by atoms with E-state index in [0.717, 1.165) is 45.9 Å². The first-order chi connectivity index (χ1) is 14.1. The zero-order chi connectivity index (χ0) is 20.0. The van der Waals surface area contributed by atoms with Gasteiger partial charge in [0.1, 0.15) is 4.83 Å². The van der Waals surface area contributed by atoms with Gasteiger partial charge < -0.3 is 15.9 Å². The number of benzene rings is 1. The Bertz CT molecular complexity index is 1100. The van der Waals surface area contributed by atoms with E-state index in [0.29, 0.717) is 16.7 Å². The van der Waals surface area contributed by atoms with Crippen LogP contribution in [-0.4, -0.2) is 29.7 Å². The molecule has 1 saturated carbocycles. The average Bonchev–Trinajstić information content (AvgIpc) is 2.98. The fourth-order valence-electron chi connectivity index (χ4n) is 3.66. The fraction of sp³-hybridized carbons (Fsp3) is 0.304. The summed E-state index contributed by atoms with van der Waals surface area (Å²) in [6, 6.07) is 10.7. The molecule has 6 heteroatoms. The number of aromatic nitrogens is 1. The van der Waals surface area contributed by atoms with Gasteiger partial charge in [-0.15, -0.1) is 23.1 Å². The van der Waals surface area contributed by atoms with E-state index in [1.165, 1.54) is 35.2 Å². The third kappa shape index (κ3) is 3.39. The molecule has 0 spiro atoms.